The summed E-state index contributed by atoms with van der Waals surface area (Å²) in [6, 6.07) is 8.39. The Hall–Kier alpha value is -2.37. The molecule has 2 aromatic rings. The number of primary amides is 1. The third kappa shape index (κ3) is 2.90. The number of carbonyl (C=O) groups is 1. The van der Waals surface area contributed by atoms with Crippen LogP contribution in [0, 0.1) is 0 Å². The molecule has 0 bridgehead atoms. The zero-order valence-electron chi connectivity index (χ0n) is 9.61. The Morgan fingerprint density at radius 1 is 1.05 bits per heavy atom. The minimum atomic E-state index is -4.40. The van der Waals surface area contributed by atoms with E-state index in [1.54, 1.807) is 12.1 Å². The van der Waals surface area contributed by atoms with Crippen LogP contribution in [0.2, 0.25) is 0 Å². The minimum absolute atomic E-state index is 0.329. The molecule has 1 aromatic heterocycles. The second-order valence-corrected chi connectivity index (χ2v) is 3.87. The molecule has 1 amide bonds. The summed E-state index contributed by atoms with van der Waals surface area (Å²) < 4.78 is 37.1. The van der Waals surface area contributed by atoms with Crippen LogP contribution in [0.4, 0.5) is 13.2 Å². The molecule has 19 heavy (non-hydrogen) atoms. The standard InChI is InChI=1S/C13H9F3N2O/c14-13(15,16)10-5-6-11(18-7-10)8-1-3-9(4-2-8)12(17)19/h1-7H,(H2,17,19). The Morgan fingerprint density at radius 3 is 2.11 bits per heavy atom. The lowest BCUT2D eigenvalue weighted by Crippen LogP contribution is -2.10. The van der Waals surface area contributed by atoms with E-state index in [4.69, 9.17) is 5.73 Å². The molecular formula is C13H9F3N2O. The van der Waals surface area contributed by atoms with Crippen LogP contribution in [0.15, 0.2) is 42.6 Å². The Bertz CT molecular complexity index is 589. The minimum Gasteiger partial charge on any atom is -0.366 e. The zero-order chi connectivity index (χ0) is 14.0. The van der Waals surface area contributed by atoms with Gasteiger partial charge in [0.2, 0.25) is 5.91 Å². The van der Waals surface area contributed by atoms with Crippen molar-refractivity contribution in [3.63, 3.8) is 0 Å². The number of nitrogens with two attached hydrogens (primary N) is 1. The summed E-state index contributed by atoms with van der Waals surface area (Å²) in [5.41, 5.74) is 5.62. The number of hydrogen-bond donors (Lipinski definition) is 1. The molecule has 1 heterocycles. The van der Waals surface area contributed by atoms with Gasteiger partial charge in [0.05, 0.1) is 11.3 Å². The van der Waals surface area contributed by atoms with Crippen molar-refractivity contribution in [2.24, 2.45) is 5.73 Å². The number of aromatic nitrogens is 1. The molecule has 0 radical (unpaired) electrons. The summed E-state index contributed by atoms with van der Waals surface area (Å²) >= 11 is 0. The van der Waals surface area contributed by atoms with Crippen LogP contribution < -0.4 is 5.73 Å². The third-order valence-corrected chi connectivity index (χ3v) is 2.56. The molecule has 3 nitrogen and oxygen atoms in total. The van der Waals surface area contributed by atoms with Crippen molar-refractivity contribution in [3.05, 3.63) is 53.7 Å². The molecule has 1 aromatic carbocycles. The van der Waals surface area contributed by atoms with Crippen LogP contribution in [0.5, 0.6) is 0 Å². The molecule has 0 aliphatic rings. The number of nitrogens with zero attached hydrogens (tertiary/aromatic N) is 1. The predicted octanol–water partition coefficient (Wildman–Crippen LogP) is 2.87. The van der Waals surface area contributed by atoms with E-state index in [0.29, 0.717) is 16.8 Å². The molecule has 0 fully saturated rings. The maximum absolute atomic E-state index is 12.4. The number of halogens is 3. The number of pyridine rings is 1. The quantitative estimate of drug-likeness (QED) is 0.908. The number of hydrogen-bond acceptors (Lipinski definition) is 2. The summed E-state index contributed by atoms with van der Waals surface area (Å²) in [6.07, 6.45) is -3.63. The second kappa shape index (κ2) is 4.72. The van der Waals surface area contributed by atoms with Gasteiger partial charge in [0.25, 0.3) is 0 Å². The molecule has 0 aliphatic carbocycles. The highest BCUT2D eigenvalue weighted by Gasteiger charge is 2.30. The monoisotopic (exact) mass is 266 g/mol. The van der Waals surface area contributed by atoms with Crippen LogP contribution >= 0.6 is 0 Å². The van der Waals surface area contributed by atoms with E-state index in [1.165, 1.54) is 18.2 Å². The lowest BCUT2D eigenvalue weighted by atomic mass is 10.1. The molecule has 0 spiro atoms. The van der Waals surface area contributed by atoms with Gasteiger partial charge in [-0.3, -0.25) is 9.78 Å². The highest BCUT2D eigenvalue weighted by atomic mass is 19.4. The van der Waals surface area contributed by atoms with Gasteiger partial charge in [-0.15, -0.1) is 0 Å². The van der Waals surface area contributed by atoms with E-state index in [-0.39, 0.29) is 0 Å². The molecule has 2 N–H and O–H groups in total. The Kier molecular flexibility index (Phi) is 3.25. The Balaban J connectivity index is 2.30. The second-order valence-electron chi connectivity index (χ2n) is 3.87. The lowest BCUT2D eigenvalue weighted by molar-refractivity contribution is -0.137. The van der Waals surface area contributed by atoms with Gasteiger partial charge in [-0.1, -0.05) is 12.1 Å². The average Bonchev–Trinajstić information content (AvgIpc) is 2.38. The van der Waals surface area contributed by atoms with Gasteiger partial charge < -0.3 is 5.73 Å². The summed E-state index contributed by atoms with van der Waals surface area (Å²) in [7, 11) is 0. The molecule has 0 unspecified atom stereocenters. The topological polar surface area (TPSA) is 56.0 Å². The largest absolute Gasteiger partial charge is 0.417 e. The van der Waals surface area contributed by atoms with Gasteiger partial charge >= 0.3 is 6.18 Å². The normalized spacial score (nSPS) is 11.3. The zero-order valence-corrected chi connectivity index (χ0v) is 9.61. The molecule has 98 valence electrons. The fourth-order valence-electron chi connectivity index (χ4n) is 1.54. The van der Waals surface area contributed by atoms with Crippen molar-refractivity contribution in [2.45, 2.75) is 6.18 Å². The van der Waals surface area contributed by atoms with Crippen molar-refractivity contribution in [1.29, 1.82) is 0 Å². The highest BCUT2D eigenvalue weighted by molar-refractivity contribution is 5.93. The fourth-order valence-corrected chi connectivity index (χ4v) is 1.54. The predicted molar refractivity (Wildman–Crippen MR) is 63.2 cm³/mol. The van der Waals surface area contributed by atoms with E-state index >= 15 is 0 Å². The van der Waals surface area contributed by atoms with Gasteiger partial charge in [-0.2, -0.15) is 13.2 Å². The maximum atomic E-state index is 12.4. The number of rotatable bonds is 2. The number of alkyl halides is 3. The van der Waals surface area contributed by atoms with Crippen molar-refractivity contribution in [3.8, 4) is 11.3 Å². The molecule has 2 rings (SSSR count). The highest BCUT2D eigenvalue weighted by Crippen LogP contribution is 2.29. The van der Waals surface area contributed by atoms with Crippen molar-refractivity contribution in [2.75, 3.05) is 0 Å². The first kappa shape index (κ1) is 13.1. The Morgan fingerprint density at radius 2 is 1.68 bits per heavy atom. The van der Waals surface area contributed by atoms with Gasteiger partial charge in [-0.05, 0) is 24.3 Å². The number of benzene rings is 1. The number of amides is 1. The smallest absolute Gasteiger partial charge is 0.366 e. The van der Waals surface area contributed by atoms with Crippen molar-refractivity contribution in [1.82, 2.24) is 4.98 Å². The van der Waals surface area contributed by atoms with Crippen LogP contribution in [0.1, 0.15) is 15.9 Å². The van der Waals surface area contributed by atoms with Crippen LogP contribution in [-0.2, 0) is 6.18 Å². The van der Waals surface area contributed by atoms with Crippen LogP contribution in [-0.4, -0.2) is 10.9 Å². The van der Waals surface area contributed by atoms with E-state index in [2.05, 4.69) is 4.98 Å². The summed E-state index contributed by atoms with van der Waals surface area (Å²) in [4.78, 5) is 14.6. The first-order chi connectivity index (χ1) is 8.88. The third-order valence-electron chi connectivity index (χ3n) is 2.56. The van der Waals surface area contributed by atoms with Gasteiger partial charge in [-0.25, -0.2) is 0 Å². The molecule has 0 saturated heterocycles. The van der Waals surface area contributed by atoms with Gasteiger partial charge in [0.15, 0.2) is 0 Å². The average molecular weight is 266 g/mol. The van der Waals surface area contributed by atoms with Crippen molar-refractivity contribution < 1.29 is 18.0 Å². The summed E-state index contributed by atoms with van der Waals surface area (Å²) in [5.74, 6) is -0.563. The first-order valence-electron chi connectivity index (χ1n) is 5.31. The lowest BCUT2D eigenvalue weighted by Gasteiger charge is -2.07. The van der Waals surface area contributed by atoms with E-state index in [9.17, 15) is 18.0 Å². The maximum Gasteiger partial charge on any atom is 0.417 e. The molecule has 0 aliphatic heterocycles. The van der Waals surface area contributed by atoms with E-state index in [0.717, 1.165) is 12.3 Å². The fraction of sp³-hybridized carbons (Fsp3) is 0.0769. The molecule has 0 saturated carbocycles. The van der Waals surface area contributed by atoms with Crippen LogP contribution in [0.25, 0.3) is 11.3 Å². The molecule has 6 heteroatoms. The van der Waals surface area contributed by atoms with Gasteiger partial charge in [0.1, 0.15) is 0 Å². The SMILES string of the molecule is NC(=O)c1ccc(-c2ccc(C(F)(F)F)cn2)cc1. The summed E-state index contributed by atoms with van der Waals surface area (Å²) in [5, 5.41) is 0. The van der Waals surface area contributed by atoms with E-state index < -0.39 is 17.6 Å². The molecule has 0 atom stereocenters. The first-order valence-corrected chi connectivity index (χ1v) is 5.31. The van der Waals surface area contributed by atoms with Crippen LogP contribution in [0.3, 0.4) is 0 Å². The van der Waals surface area contributed by atoms with Crippen molar-refractivity contribution >= 4 is 5.91 Å². The van der Waals surface area contributed by atoms with Gasteiger partial charge in [0, 0.05) is 17.3 Å². The Labute approximate surface area is 106 Å². The summed E-state index contributed by atoms with van der Waals surface area (Å²) in [6.45, 7) is 0. The number of carbonyl (C=O) groups excluding carboxylic acids is 1. The molecular weight excluding hydrogens is 257 g/mol. The van der Waals surface area contributed by atoms with E-state index in [1.807, 2.05) is 0 Å².